The lowest BCUT2D eigenvalue weighted by atomic mass is 10.1. The normalized spacial score (nSPS) is 17.8. The van der Waals surface area contributed by atoms with Crippen molar-refractivity contribution < 1.29 is 9.59 Å². The highest BCUT2D eigenvalue weighted by Gasteiger charge is 2.36. The number of benzene rings is 2. The standard InChI is InChI=1S/C19H15ClN4O2/c20-14-9-13(5-3-12(14)10-21)22-18(25)11-4-6-16-15(8-11)23-19(26)17-2-1-7-24(16)17/h3-6,8-9,17H,1-2,7H2,(H,22,25)(H,23,26)/t17-/m1/s1. The molecule has 2 aromatic rings. The molecule has 2 heterocycles. The van der Waals surface area contributed by atoms with Crippen LogP contribution in [0.5, 0.6) is 0 Å². The molecule has 0 aliphatic carbocycles. The summed E-state index contributed by atoms with van der Waals surface area (Å²) >= 11 is 5.99. The minimum Gasteiger partial charge on any atom is -0.358 e. The Morgan fingerprint density at radius 1 is 1.31 bits per heavy atom. The molecule has 0 aromatic heterocycles. The molecular formula is C19H15ClN4O2. The molecule has 2 aliphatic heterocycles. The lowest BCUT2D eigenvalue weighted by molar-refractivity contribution is -0.117. The average molecular weight is 367 g/mol. The van der Waals surface area contributed by atoms with Crippen molar-refractivity contribution in [3.8, 4) is 6.07 Å². The third-order valence-corrected chi connectivity index (χ3v) is 5.04. The van der Waals surface area contributed by atoms with Gasteiger partial charge in [-0.2, -0.15) is 5.26 Å². The molecule has 0 unspecified atom stereocenters. The SMILES string of the molecule is N#Cc1ccc(NC(=O)c2ccc3c(c2)NC(=O)[C@H]2CCCN32)cc1Cl. The third-order valence-electron chi connectivity index (χ3n) is 4.73. The van der Waals surface area contributed by atoms with E-state index in [1.165, 1.54) is 6.07 Å². The zero-order valence-corrected chi connectivity index (χ0v) is 14.5. The van der Waals surface area contributed by atoms with E-state index < -0.39 is 0 Å². The molecule has 7 heteroatoms. The second-order valence-corrected chi connectivity index (χ2v) is 6.74. The fourth-order valence-electron chi connectivity index (χ4n) is 3.46. The molecule has 26 heavy (non-hydrogen) atoms. The Morgan fingerprint density at radius 3 is 2.92 bits per heavy atom. The van der Waals surface area contributed by atoms with Gasteiger partial charge in [0, 0.05) is 17.8 Å². The number of carbonyl (C=O) groups excluding carboxylic acids is 2. The molecule has 0 spiro atoms. The van der Waals surface area contributed by atoms with Crippen LogP contribution in [0.4, 0.5) is 17.1 Å². The predicted molar refractivity (Wildman–Crippen MR) is 99.6 cm³/mol. The number of hydrogen-bond acceptors (Lipinski definition) is 4. The van der Waals surface area contributed by atoms with Gasteiger partial charge in [0.2, 0.25) is 5.91 Å². The molecule has 1 atom stereocenters. The molecule has 2 amide bonds. The Morgan fingerprint density at radius 2 is 2.15 bits per heavy atom. The van der Waals surface area contributed by atoms with Crippen molar-refractivity contribution in [3.63, 3.8) is 0 Å². The summed E-state index contributed by atoms with van der Waals surface area (Å²) in [5.74, 6) is -0.335. The quantitative estimate of drug-likeness (QED) is 0.853. The van der Waals surface area contributed by atoms with Crippen molar-refractivity contribution in [3.05, 3.63) is 52.5 Å². The molecule has 130 valence electrons. The first-order valence-corrected chi connectivity index (χ1v) is 8.67. The van der Waals surface area contributed by atoms with Crippen LogP contribution in [0.25, 0.3) is 0 Å². The summed E-state index contributed by atoms with van der Waals surface area (Å²) in [4.78, 5) is 26.8. The Bertz CT molecular complexity index is 966. The van der Waals surface area contributed by atoms with Gasteiger partial charge in [-0.3, -0.25) is 9.59 Å². The first kappa shape index (κ1) is 16.4. The molecule has 1 fully saturated rings. The van der Waals surface area contributed by atoms with Crippen LogP contribution in [0.3, 0.4) is 0 Å². The van der Waals surface area contributed by atoms with Gasteiger partial charge in [0.05, 0.1) is 22.0 Å². The van der Waals surface area contributed by atoms with E-state index in [2.05, 4.69) is 15.5 Å². The van der Waals surface area contributed by atoms with E-state index in [-0.39, 0.29) is 22.9 Å². The van der Waals surface area contributed by atoms with Gasteiger partial charge in [0.1, 0.15) is 12.1 Å². The molecule has 2 N–H and O–H groups in total. The number of carbonyl (C=O) groups is 2. The van der Waals surface area contributed by atoms with E-state index in [4.69, 9.17) is 16.9 Å². The van der Waals surface area contributed by atoms with E-state index in [1.807, 2.05) is 12.1 Å². The maximum atomic E-state index is 12.5. The largest absolute Gasteiger partial charge is 0.358 e. The predicted octanol–water partition coefficient (Wildman–Crippen LogP) is 3.38. The molecule has 0 radical (unpaired) electrons. The molecule has 6 nitrogen and oxygen atoms in total. The van der Waals surface area contributed by atoms with Crippen molar-refractivity contribution >= 4 is 40.5 Å². The number of hydrogen-bond donors (Lipinski definition) is 2. The number of rotatable bonds is 2. The van der Waals surface area contributed by atoms with E-state index in [9.17, 15) is 9.59 Å². The van der Waals surface area contributed by atoms with Crippen LogP contribution in [0.1, 0.15) is 28.8 Å². The Labute approximate surface area is 155 Å². The number of halogens is 1. The number of amides is 2. The summed E-state index contributed by atoms with van der Waals surface area (Å²) in [5.41, 5.74) is 2.88. The minimum atomic E-state index is -0.314. The van der Waals surface area contributed by atoms with Crippen molar-refractivity contribution in [2.24, 2.45) is 0 Å². The smallest absolute Gasteiger partial charge is 0.255 e. The monoisotopic (exact) mass is 366 g/mol. The first-order chi connectivity index (χ1) is 12.6. The van der Waals surface area contributed by atoms with Crippen LogP contribution in [-0.4, -0.2) is 24.4 Å². The Balaban J connectivity index is 1.58. The summed E-state index contributed by atoms with van der Waals surface area (Å²) in [7, 11) is 0. The van der Waals surface area contributed by atoms with Crippen LogP contribution < -0.4 is 15.5 Å². The van der Waals surface area contributed by atoms with Crippen LogP contribution in [-0.2, 0) is 4.79 Å². The highest BCUT2D eigenvalue weighted by Crippen LogP contribution is 2.37. The van der Waals surface area contributed by atoms with Gasteiger partial charge < -0.3 is 15.5 Å². The molecule has 0 saturated carbocycles. The van der Waals surface area contributed by atoms with E-state index >= 15 is 0 Å². The second kappa shape index (κ2) is 6.36. The summed E-state index contributed by atoms with van der Waals surface area (Å²) < 4.78 is 0. The van der Waals surface area contributed by atoms with Gasteiger partial charge in [0.15, 0.2) is 0 Å². The fourth-order valence-corrected chi connectivity index (χ4v) is 3.68. The molecule has 2 aliphatic rings. The number of anilines is 3. The maximum absolute atomic E-state index is 12.5. The minimum absolute atomic E-state index is 0.0218. The average Bonchev–Trinajstić information content (AvgIpc) is 3.12. The Hall–Kier alpha value is -3.04. The summed E-state index contributed by atoms with van der Waals surface area (Å²) in [6.07, 6.45) is 1.84. The zero-order chi connectivity index (χ0) is 18.3. The van der Waals surface area contributed by atoms with Crippen LogP contribution >= 0.6 is 11.6 Å². The topological polar surface area (TPSA) is 85.2 Å². The maximum Gasteiger partial charge on any atom is 0.255 e. The van der Waals surface area contributed by atoms with Crippen LogP contribution in [0.2, 0.25) is 5.02 Å². The summed E-state index contributed by atoms with van der Waals surface area (Å²) in [6.45, 7) is 0.848. The van der Waals surface area contributed by atoms with Gasteiger partial charge >= 0.3 is 0 Å². The van der Waals surface area contributed by atoms with Crippen molar-refractivity contribution in [1.82, 2.24) is 0 Å². The fraction of sp³-hybridized carbons (Fsp3) is 0.211. The van der Waals surface area contributed by atoms with E-state index in [0.29, 0.717) is 22.5 Å². The highest BCUT2D eigenvalue weighted by molar-refractivity contribution is 6.32. The molecule has 1 saturated heterocycles. The Kier molecular flexibility index (Phi) is 4.02. The van der Waals surface area contributed by atoms with Crippen LogP contribution in [0, 0.1) is 11.3 Å². The molecule has 4 rings (SSSR count). The van der Waals surface area contributed by atoms with Crippen molar-refractivity contribution in [2.75, 3.05) is 22.1 Å². The van der Waals surface area contributed by atoms with E-state index in [0.717, 1.165) is 25.1 Å². The van der Waals surface area contributed by atoms with Crippen LogP contribution in [0.15, 0.2) is 36.4 Å². The zero-order valence-electron chi connectivity index (χ0n) is 13.8. The van der Waals surface area contributed by atoms with Crippen molar-refractivity contribution in [2.45, 2.75) is 18.9 Å². The molecule has 2 aromatic carbocycles. The number of fused-ring (bicyclic) bond motifs is 3. The number of nitriles is 1. The van der Waals surface area contributed by atoms with Gasteiger partial charge in [-0.15, -0.1) is 0 Å². The third kappa shape index (κ3) is 2.76. The van der Waals surface area contributed by atoms with Gasteiger partial charge in [0.25, 0.3) is 5.91 Å². The van der Waals surface area contributed by atoms with Gasteiger partial charge in [-0.05, 0) is 49.2 Å². The molecule has 0 bridgehead atoms. The summed E-state index contributed by atoms with van der Waals surface area (Å²) in [5, 5.41) is 14.8. The highest BCUT2D eigenvalue weighted by atomic mass is 35.5. The lowest BCUT2D eigenvalue weighted by Gasteiger charge is -2.33. The van der Waals surface area contributed by atoms with E-state index in [1.54, 1.807) is 24.3 Å². The summed E-state index contributed by atoms with van der Waals surface area (Å²) in [6, 6.07) is 11.9. The van der Waals surface area contributed by atoms with Gasteiger partial charge in [-0.25, -0.2) is 0 Å². The lowest BCUT2D eigenvalue weighted by Crippen LogP contribution is -2.43. The number of nitrogens with zero attached hydrogens (tertiary/aromatic N) is 2. The first-order valence-electron chi connectivity index (χ1n) is 8.29. The van der Waals surface area contributed by atoms with Crippen molar-refractivity contribution in [1.29, 1.82) is 5.26 Å². The number of nitrogens with one attached hydrogen (secondary N) is 2. The van der Waals surface area contributed by atoms with Gasteiger partial charge in [-0.1, -0.05) is 11.6 Å². The molecular weight excluding hydrogens is 352 g/mol. The second-order valence-electron chi connectivity index (χ2n) is 6.33.